The fourth-order valence-corrected chi connectivity index (χ4v) is 2.30. The highest BCUT2D eigenvalue weighted by molar-refractivity contribution is 5.88. The van der Waals surface area contributed by atoms with E-state index in [9.17, 15) is 14.4 Å². The molecule has 0 aromatic carbocycles. The number of hydrogen-bond acceptors (Lipinski definition) is 5. The van der Waals surface area contributed by atoms with Crippen molar-refractivity contribution in [1.29, 1.82) is 0 Å². The maximum Gasteiger partial charge on any atom is 0.410 e. The van der Waals surface area contributed by atoms with Gasteiger partial charge in [-0.25, -0.2) is 4.79 Å². The molecule has 0 aromatic heterocycles. The van der Waals surface area contributed by atoms with Crippen LogP contribution in [0.3, 0.4) is 0 Å². The Morgan fingerprint density at radius 1 is 1.09 bits per heavy atom. The van der Waals surface area contributed by atoms with Crippen LogP contribution in [-0.2, 0) is 19.1 Å². The van der Waals surface area contributed by atoms with Crippen molar-refractivity contribution in [2.24, 2.45) is 0 Å². The molecule has 7 nitrogen and oxygen atoms in total. The van der Waals surface area contributed by atoms with Gasteiger partial charge in [-0.2, -0.15) is 0 Å². The van der Waals surface area contributed by atoms with Crippen molar-refractivity contribution < 1.29 is 23.9 Å². The number of hydrogen-bond donors (Lipinski definition) is 1. The van der Waals surface area contributed by atoms with Crippen LogP contribution in [0.4, 0.5) is 4.79 Å². The largest absolute Gasteiger partial charge is 0.464 e. The van der Waals surface area contributed by atoms with Gasteiger partial charge in [-0.1, -0.05) is 26.7 Å². The van der Waals surface area contributed by atoms with Crippen molar-refractivity contribution in [2.45, 2.75) is 58.4 Å². The van der Waals surface area contributed by atoms with Gasteiger partial charge in [0.25, 0.3) is 0 Å². The normalized spacial score (nSPS) is 17.0. The average molecular weight is 328 g/mol. The Morgan fingerprint density at radius 3 is 2.39 bits per heavy atom. The third kappa shape index (κ3) is 6.88. The van der Waals surface area contributed by atoms with E-state index >= 15 is 0 Å². The Bertz CT molecular complexity index is 400. The number of likely N-dealkylation sites (tertiary alicyclic amines) is 1. The second-order valence-corrected chi connectivity index (χ2v) is 5.61. The van der Waals surface area contributed by atoms with E-state index in [2.05, 4.69) is 5.32 Å². The molecule has 1 fully saturated rings. The summed E-state index contributed by atoms with van der Waals surface area (Å²) < 4.78 is 10.1. The van der Waals surface area contributed by atoms with E-state index in [1.807, 2.05) is 13.8 Å². The van der Waals surface area contributed by atoms with E-state index in [-0.39, 0.29) is 12.5 Å². The number of ether oxygens (including phenoxy) is 2. The minimum atomic E-state index is -0.562. The molecule has 1 unspecified atom stereocenters. The number of nitrogens with zero attached hydrogens (tertiary/aromatic N) is 1. The number of nitrogens with one attached hydrogen (secondary N) is 1. The first-order chi connectivity index (χ1) is 11.1. The van der Waals surface area contributed by atoms with E-state index in [4.69, 9.17) is 9.47 Å². The zero-order valence-corrected chi connectivity index (χ0v) is 14.1. The monoisotopic (exact) mass is 328 g/mol. The average Bonchev–Trinajstić information content (AvgIpc) is 3.02. The zero-order chi connectivity index (χ0) is 17.1. The highest BCUT2D eigenvalue weighted by atomic mass is 16.6. The van der Waals surface area contributed by atoms with Crippen LogP contribution in [0.2, 0.25) is 0 Å². The number of carbonyl (C=O) groups is 3. The van der Waals surface area contributed by atoms with Gasteiger partial charge in [-0.3, -0.25) is 14.5 Å². The van der Waals surface area contributed by atoms with Crippen LogP contribution in [-0.4, -0.2) is 55.2 Å². The molecular weight excluding hydrogens is 300 g/mol. The Labute approximate surface area is 137 Å². The Balaban J connectivity index is 2.35. The molecule has 0 spiro atoms. The lowest BCUT2D eigenvalue weighted by atomic mass is 10.2. The number of amides is 2. The van der Waals surface area contributed by atoms with Crippen LogP contribution in [0, 0.1) is 0 Å². The highest BCUT2D eigenvalue weighted by Crippen LogP contribution is 2.18. The minimum Gasteiger partial charge on any atom is -0.464 e. The third-order valence-electron chi connectivity index (χ3n) is 3.68. The molecule has 1 N–H and O–H groups in total. The molecule has 1 rings (SSSR count). The highest BCUT2D eigenvalue weighted by Gasteiger charge is 2.35. The van der Waals surface area contributed by atoms with Crippen LogP contribution in [0.5, 0.6) is 0 Å². The molecule has 1 aliphatic heterocycles. The van der Waals surface area contributed by atoms with Crippen LogP contribution < -0.4 is 5.32 Å². The predicted octanol–water partition coefficient (Wildman–Crippen LogP) is 1.85. The van der Waals surface area contributed by atoms with Gasteiger partial charge in [-0.15, -0.1) is 0 Å². The van der Waals surface area contributed by atoms with Crippen molar-refractivity contribution in [3.05, 3.63) is 0 Å². The molecule has 23 heavy (non-hydrogen) atoms. The SMILES string of the molecule is CCCCOC(=O)CNC(=O)C1CCCN1C(=O)OCCCC. The summed E-state index contributed by atoms with van der Waals surface area (Å²) in [6.45, 7) is 5.08. The Morgan fingerprint density at radius 2 is 1.74 bits per heavy atom. The van der Waals surface area contributed by atoms with Gasteiger partial charge in [0, 0.05) is 6.54 Å². The van der Waals surface area contributed by atoms with Crippen molar-refractivity contribution >= 4 is 18.0 Å². The van der Waals surface area contributed by atoms with Crippen LogP contribution in [0.1, 0.15) is 52.4 Å². The summed E-state index contributed by atoms with van der Waals surface area (Å²) in [5.41, 5.74) is 0. The summed E-state index contributed by atoms with van der Waals surface area (Å²) in [6.07, 6.45) is 4.37. The smallest absolute Gasteiger partial charge is 0.410 e. The lowest BCUT2D eigenvalue weighted by Crippen LogP contribution is -2.47. The summed E-state index contributed by atoms with van der Waals surface area (Å²) in [6, 6.07) is -0.562. The first-order valence-corrected chi connectivity index (χ1v) is 8.46. The van der Waals surface area contributed by atoms with E-state index in [1.54, 1.807) is 0 Å². The van der Waals surface area contributed by atoms with Gasteiger partial charge in [-0.05, 0) is 25.7 Å². The fourth-order valence-electron chi connectivity index (χ4n) is 2.30. The minimum absolute atomic E-state index is 0.169. The van der Waals surface area contributed by atoms with Gasteiger partial charge >= 0.3 is 12.1 Å². The fraction of sp³-hybridized carbons (Fsp3) is 0.812. The lowest BCUT2D eigenvalue weighted by Gasteiger charge is -2.23. The van der Waals surface area contributed by atoms with Gasteiger partial charge in [0.1, 0.15) is 12.6 Å². The first kappa shape index (κ1) is 19.3. The molecule has 1 heterocycles. The molecule has 1 atom stereocenters. The summed E-state index contributed by atoms with van der Waals surface area (Å²) in [4.78, 5) is 37.1. The zero-order valence-electron chi connectivity index (χ0n) is 14.1. The third-order valence-corrected chi connectivity index (χ3v) is 3.68. The quantitative estimate of drug-likeness (QED) is 0.516. The predicted molar refractivity (Wildman–Crippen MR) is 84.9 cm³/mol. The van der Waals surface area contributed by atoms with Crippen molar-refractivity contribution in [1.82, 2.24) is 10.2 Å². The lowest BCUT2D eigenvalue weighted by molar-refractivity contribution is -0.144. The Hall–Kier alpha value is -1.79. The maximum atomic E-state index is 12.2. The van der Waals surface area contributed by atoms with Gasteiger partial charge in [0.15, 0.2) is 0 Å². The molecule has 0 saturated carbocycles. The van der Waals surface area contributed by atoms with E-state index in [1.165, 1.54) is 4.90 Å². The number of unbranched alkanes of at least 4 members (excludes halogenated alkanes) is 2. The molecule has 1 aliphatic rings. The van der Waals surface area contributed by atoms with Crippen LogP contribution >= 0.6 is 0 Å². The van der Waals surface area contributed by atoms with E-state index in [0.717, 1.165) is 32.1 Å². The standard InChI is InChI=1S/C16H28N2O5/c1-3-5-10-22-14(19)12-17-15(20)13-8-7-9-18(13)16(21)23-11-6-4-2/h13H,3-12H2,1-2H3,(H,17,20). The van der Waals surface area contributed by atoms with Crippen molar-refractivity contribution in [3.8, 4) is 0 Å². The molecule has 0 aliphatic carbocycles. The second kappa shape index (κ2) is 10.9. The molecule has 1 saturated heterocycles. The van der Waals surface area contributed by atoms with Crippen molar-refractivity contribution in [2.75, 3.05) is 26.3 Å². The number of rotatable bonds is 9. The molecule has 0 radical (unpaired) electrons. The first-order valence-electron chi connectivity index (χ1n) is 8.46. The van der Waals surface area contributed by atoms with Crippen LogP contribution in [0.15, 0.2) is 0 Å². The summed E-state index contributed by atoms with van der Waals surface area (Å²) in [7, 11) is 0. The molecule has 0 aromatic rings. The maximum absolute atomic E-state index is 12.2. The second-order valence-electron chi connectivity index (χ2n) is 5.61. The number of carbonyl (C=O) groups excluding carboxylic acids is 3. The molecule has 2 amide bonds. The Kier molecular flexibility index (Phi) is 9.09. The molecule has 7 heteroatoms. The van der Waals surface area contributed by atoms with Gasteiger partial charge in [0.05, 0.1) is 13.2 Å². The van der Waals surface area contributed by atoms with Crippen molar-refractivity contribution in [3.63, 3.8) is 0 Å². The molecular formula is C16H28N2O5. The molecule has 132 valence electrons. The summed E-state index contributed by atoms with van der Waals surface area (Å²) >= 11 is 0. The number of esters is 1. The van der Waals surface area contributed by atoms with E-state index in [0.29, 0.717) is 26.2 Å². The summed E-state index contributed by atoms with van der Waals surface area (Å²) in [5, 5.41) is 2.54. The van der Waals surface area contributed by atoms with Gasteiger partial charge in [0.2, 0.25) is 5.91 Å². The van der Waals surface area contributed by atoms with Crippen LogP contribution in [0.25, 0.3) is 0 Å². The summed E-state index contributed by atoms with van der Waals surface area (Å²) in [5.74, 6) is -0.788. The molecule has 0 bridgehead atoms. The van der Waals surface area contributed by atoms with E-state index < -0.39 is 18.1 Å². The van der Waals surface area contributed by atoms with Gasteiger partial charge < -0.3 is 14.8 Å². The topological polar surface area (TPSA) is 84.9 Å².